The van der Waals surface area contributed by atoms with E-state index < -0.39 is 0 Å². The van der Waals surface area contributed by atoms with Crippen LogP contribution in [0.25, 0.3) is 11.0 Å². The summed E-state index contributed by atoms with van der Waals surface area (Å²) < 4.78 is 0. The molecule has 0 saturated heterocycles. The third kappa shape index (κ3) is 4.52. The van der Waals surface area contributed by atoms with E-state index in [-0.39, 0.29) is 51.3 Å². The number of nitrogens with two attached hydrogens (primary N) is 1. The predicted molar refractivity (Wildman–Crippen MR) is 105 cm³/mol. The Balaban J connectivity index is 0.00000144. The molecular weight excluding hydrogens is 440 g/mol. The summed E-state index contributed by atoms with van der Waals surface area (Å²) in [6.45, 7) is 4.13. The second-order valence-electron chi connectivity index (χ2n) is 6.71. The van der Waals surface area contributed by atoms with Crippen LogP contribution in [-0.2, 0) is 4.79 Å². The van der Waals surface area contributed by atoms with Crippen molar-refractivity contribution < 1.29 is 4.79 Å². The minimum atomic E-state index is -0.170. The molecule has 2 aromatic rings. The third-order valence-corrected chi connectivity index (χ3v) is 4.64. The highest BCUT2D eigenvalue weighted by Gasteiger charge is 2.32. The van der Waals surface area contributed by atoms with Gasteiger partial charge in [-0.3, -0.25) is 9.89 Å². The summed E-state index contributed by atoms with van der Waals surface area (Å²) in [6, 6.07) is 0. The number of carbonyl (C=O) groups excluding carboxylic acids is 1. The number of amides is 1. The van der Waals surface area contributed by atoms with Crippen LogP contribution in [0.4, 0.5) is 5.82 Å². The molecule has 4 N–H and O–H groups in total. The van der Waals surface area contributed by atoms with Crippen LogP contribution in [-0.4, -0.2) is 31.6 Å². The van der Waals surface area contributed by atoms with Gasteiger partial charge in [-0.1, -0.05) is 0 Å². The van der Waals surface area contributed by atoms with Crippen molar-refractivity contribution in [3.8, 4) is 0 Å². The van der Waals surface area contributed by atoms with Gasteiger partial charge in [0.15, 0.2) is 5.65 Å². The number of rotatable bonds is 3. The minimum absolute atomic E-state index is 0. The molecule has 24 heavy (non-hydrogen) atoms. The van der Waals surface area contributed by atoms with E-state index in [0.29, 0.717) is 17.4 Å². The number of hydrogen-bond donors (Lipinski definition) is 3. The van der Waals surface area contributed by atoms with Crippen LogP contribution in [0.1, 0.15) is 39.5 Å². The second kappa shape index (κ2) is 8.35. The Kier molecular flexibility index (Phi) is 7.30. The van der Waals surface area contributed by atoms with E-state index in [4.69, 9.17) is 5.73 Å². The summed E-state index contributed by atoms with van der Waals surface area (Å²) in [5, 5.41) is 10.3. The normalized spacial score (nSPS) is 20.8. The lowest BCUT2D eigenvalue weighted by molar-refractivity contribution is -0.121. The number of hydrogen-bond acceptors (Lipinski definition) is 5. The number of nitrogens with zero attached hydrogens (tertiary/aromatic N) is 3. The van der Waals surface area contributed by atoms with E-state index in [1.807, 2.05) is 0 Å². The zero-order valence-electron chi connectivity index (χ0n) is 13.8. The Morgan fingerprint density at radius 3 is 2.54 bits per heavy atom. The maximum atomic E-state index is 12.5. The number of H-pyrrole nitrogens is 1. The van der Waals surface area contributed by atoms with E-state index in [2.05, 4.69) is 39.3 Å². The standard InChI is InChI=1S/C15H22N6O.2BrH/c1-15(2,16)10-5-3-9(4-6-10)14(22)20-12-11-7-19-21-13(11)18-8-17-12;;/h7-10H,3-6,16H2,1-2H3,(H2,17,18,19,20,21,22);2*1H. The minimum Gasteiger partial charge on any atom is -0.325 e. The number of aromatic amines is 1. The Bertz CT molecular complexity index is 676. The van der Waals surface area contributed by atoms with Gasteiger partial charge in [-0.25, -0.2) is 9.97 Å². The zero-order valence-corrected chi connectivity index (χ0v) is 17.2. The highest BCUT2D eigenvalue weighted by Crippen LogP contribution is 2.34. The van der Waals surface area contributed by atoms with Crippen molar-refractivity contribution in [3.63, 3.8) is 0 Å². The van der Waals surface area contributed by atoms with Crippen molar-refractivity contribution in [2.75, 3.05) is 5.32 Å². The fraction of sp³-hybridized carbons (Fsp3) is 0.600. The Morgan fingerprint density at radius 1 is 1.25 bits per heavy atom. The molecule has 0 aliphatic heterocycles. The lowest BCUT2D eigenvalue weighted by atomic mass is 9.73. The molecule has 1 aliphatic carbocycles. The SMILES string of the molecule is Br.Br.CC(C)(N)C1CCC(C(=O)Nc2ncnc3[nH]ncc23)CC1. The molecule has 9 heteroatoms. The highest BCUT2D eigenvalue weighted by atomic mass is 79.9. The average molecular weight is 464 g/mol. The first kappa shape index (κ1) is 21.0. The first-order valence-corrected chi connectivity index (χ1v) is 7.69. The Morgan fingerprint density at radius 2 is 1.92 bits per heavy atom. The molecule has 7 nitrogen and oxygen atoms in total. The Labute approximate surface area is 162 Å². The largest absolute Gasteiger partial charge is 0.325 e. The molecule has 0 aromatic carbocycles. The number of nitrogens with one attached hydrogen (secondary N) is 2. The molecule has 134 valence electrons. The lowest BCUT2D eigenvalue weighted by Crippen LogP contribution is -2.43. The molecule has 0 bridgehead atoms. The molecule has 0 unspecified atom stereocenters. The van der Waals surface area contributed by atoms with Crippen LogP contribution in [0.15, 0.2) is 12.5 Å². The number of anilines is 1. The van der Waals surface area contributed by atoms with E-state index in [9.17, 15) is 4.79 Å². The van der Waals surface area contributed by atoms with Gasteiger partial charge in [0.25, 0.3) is 0 Å². The monoisotopic (exact) mass is 462 g/mol. The molecular formula is C15H24Br2N6O. The molecule has 2 aromatic heterocycles. The zero-order chi connectivity index (χ0) is 15.7. The van der Waals surface area contributed by atoms with E-state index >= 15 is 0 Å². The summed E-state index contributed by atoms with van der Waals surface area (Å²) in [7, 11) is 0. The molecule has 1 aliphatic rings. The second-order valence-corrected chi connectivity index (χ2v) is 6.71. The first-order valence-electron chi connectivity index (χ1n) is 7.69. The van der Waals surface area contributed by atoms with Crippen LogP contribution in [0.2, 0.25) is 0 Å². The summed E-state index contributed by atoms with van der Waals surface area (Å²) in [4.78, 5) is 20.7. The number of carbonyl (C=O) groups is 1. The van der Waals surface area contributed by atoms with Crippen molar-refractivity contribution in [1.82, 2.24) is 20.2 Å². The van der Waals surface area contributed by atoms with Crippen molar-refractivity contribution in [3.05, 3.63) is 12.5 Å². The van der Waals surface area contributed by atoms with Crippen molar-refractivity contribution in [1.29, 1.82) is 0 Å². The molecule has 0 spiro atoms. The maximum absolute atomic E-state index is 12.5. The van der Waals surface area contributed by atoms with Gasteiger partial charge in [0.2, 0.25) is 5.91 Å². The molecule has 1 saturated carbocycles. The van der Waals surface area contributed by atoms with Crippen LogP contribution >= 0.6 is 34.0 Å². The van der Waals surface area contributed by atoms with Gasteiger partial charge >= 0.3 is 0 Å². The number of aromatic nitrogens is 4. The van der Waals surface area contributed by atoms with Crippen LogP contribution < -0.4 is 11.1 Å². The first-order chi connectivity index (χ1) is 10.4. The van der Waals surface area contributed by atoms with Crippen molar-refractivity contribution in [2.24, 2.45) is 17.6 Å². The fourth-order valence-corrected chi connectivity index (χ4v) is 3.18. The summed E-state index contributed by atoms with van der Waals surface area (Å²) in [6.07, 6.45) is 6.77. The molecule has 1 amide bonds. The third-order valence-electron chi connectivity index (χ3n) is 4.64. The summed E-state index contributed by atoms with van der Waals surface area (Å²) in [5.41, 5.74) is 6.63. The van der Waals surface area contributed by atoms with Gasteiger partial charge in [0, 0.05) is 11.5 Å². The fourth-order valence-electron chi connectivity index (χ4n) is 3.18. The summed E-state index contributed by atoms with van der Waals surface area (Å²) >= 11 is 0. The molecule has 0 radical (unpaired) electrons. The topological polar surface area (TPSA) is 110 Å². The van der Waals surface area contributed by atoms with Gasteiger partial charge in [0.1, 0.15) is 12.1 Å². The van der Waals surface area contributed by atoms with Gasteiger partial charge in [-0.05, 0) is 45.4 Å². The smallest absolute Gasteiger partial charge is 0.228 e. The van der Waals surface area contributed by atoms with E-state index in [0.717, 1.165) is 31.1 Å². The number of fused-ring (bicyclic) bond motifs is 1. The highest BCUT2D eigenvalue weighted by molar-refractivity contribution is 8.93. The van der Waals surface area contributed by atoms with Crippen molar-refractivity contribution >= 4 is 56.7 Å². The van der Waals surface area contributed by atoms with Gasteiger partial charge in [0.05, 0.1) is 11.6 Å². The molecule has 2 heterocycles. The van der Waals surface area contributed by atoms with Crippen LogP contribution in [0.5, 0.6) is 0 Å². The quantitative estimate of drug-likeness (QED) is 0.648. The van der Waals surface area contributed by atoms with E-state index in [1.165, 1.54) is 6.33 Å². The van der Waals surface area contributed by atoms with E-state index in [1.54, 1.807) is 6.20 Å². The van der Waals surface area contributed by atoms with Crippen LogP contribution in [0.3, 0.4) is 0 Å². The Hall–Kier alpha value is -1.06. The summed E-state index contributed by atoms with van der Waals surface area (Å²) in [5.74, 6) is 1.05. The predicted octanol–water partition coefficient (Wildman–Crippen LogP) is 2.99. The average Bonchev–Trinajstić information content (AvgIpc) is 2.96. The van der Waals surface area contributed by atoms with Crippen molar-refractivity contribution in [2.45, 2.75) is 45.1 Å². The van der Waals surface area contributed by atoms with Gasteiger partial charge in [-0.15, -0.1) is 34.0 Å². The maximum Gasteiger partial charge on any atom is 0.228 e. The molecule has 0 atom stereocenters. The van der Waals surface area contributed by atoms with Crippen LogP contribution in [0, 0.1) is 11.8 Å². The molecule has 3 rings (SSSR count). The lowest BCUT2D eigenvalue weighted by Gasteiger charge is -2.36. The van der Waals surface area contributed by atoms with Gasteiger partial charge < -0.3 is 11.1 Å². The number of halogens is 2. The van der Waals surface area contributed by atoms with Gasteiger partial charge in [-0.2, -0.15) is 5.10 Å². The molecule has 1 fully saturated rings.